The SMILES string of the molecule is COc1ccccc1C(=O)N(C)C(CCO)c1ccccc1. The third kappa shape index (κ3) is 3.46. The molecule has 0 aromatic heterocycles. The fourth-order valence-corrected chi connectivity index (χ4v) is 2.53. The monoisotopic (exact) mass is 299 g/mol. The number of benzene rings is 2. The summed E-state index contributed by atoms with van der Waals surface area (Å²) in [5.41, 5.74) is 1.52. The first-order chi connectivity index (χ1) is 10.7. The zero-order valence-electron chi connectivity index (χ0n) is 12.9. The van der Waals surface area contributed by atoms with Gasteiger partial charge in [-0.1, -0.05) is 42.5 Å². The van der Waals surface area contributed by atoms with Gasteiger partial charge in [-0.2, -0.15) is 0 Å². The summed E-state index contributed by atoms with van der Waals surface area (Å²) >= 11 is 0. The first-order valence-corrected chi connectivity index (χ1v) is 7.25. The third-order valence-electron chi connectivity index (χ3n) is 3.71. The van der Waals surface area contributed by atoms with Crippen LogP contribution in [0.5, 0.6) is 5.75 Å². The average Bonchev–Trinajstić information content (AvgIpc) is 2.59. The van der Waals surface area contributed by atoms with Crippen LogP contribution in [0.4, 0.5) is 0 Å². The Bertz CT molecular complexity index is 613. The minimum absolute atomic E-state index is 0.0170. The molecule has 1 unspecified atom stereocenters. The highest BCUT2D eigenvalue weighted by Gasteiger charge is 2.24. The molecule has 0 heterocycles. The Balaban J connectivity index is 2.30. The van der Waals surface area contributed by atoms with Crippen LogP contribution in [0.1, 0.15) is 28.4 Å². The van der Waals surface area contributed by atoms with Gasteiger partial charge in [0.15, 0.2) is 0 Å². The van der Waals surface area contributed by atoms with Gasteiger partial charge in [-0.3, -0.25) is 4.79 Å². The van der Waals surface area contributed by atoms with Gasteiger partial charge in [0.25, 0.3) is 5.91 Å². The molecule has 0 fully saturated rings. The van der Waals surface area contributed by atoms with Crippen molar-refractivity contribution < 1.29 is 14.6 Å². The summed E-state index contributed by atoms with van der Waals surface area (Å²) in [4.78, 5) is 14.4. The fourth-order valence-electron chi connectivity index (χ4n) is 2.53. The molecular formula is C18H21NO3. The quantitative estimate of drug-likeness (QED) is 0.892. The molecule has 0 aliphatic rings. The molecule has 116 valence electrons. The van der Waals surface area contributed by atoms with Crippen LogP contribution >= 0.6 is 0 Å². The maximum absolute atomic E-state index is 12.8. The number of amides is 1. The van der Waals surface area contributed by atoms with Crippen LogP contribution in [0.25, 0.3) is 0 Å². The van der Waals surface area contributed by atoms with Crippen LogP contribution < -0.4 is 4.74 Å². The van der Waals surface area contributed by atoms with Gasteiger partial charge in [-0.15, -0.1) is 0 Å². The van der Waals surface area contributed by atoms with E-state index in [2.05, 4.69) is 0 Å². The number of para-hydroxylation sites is 1. The van der Waals surface area contributed by atoms with Crippen molar-refractivity contribution >= 4 is 5.91 Å². The Hall–Kier alpha value is -2.33. The molecule has 22 heavy (non-hydrogen) atoms. The van der Waals surface area contributed by atoms with Crippen LogP contribution in [-0.2, 0) is 0 Å². The van der Waals surface area contributed by atoms with E-state index in [0.29, 0.717) is 17.7 Å². The zero-order chi connectivity index (χ0) is 15.9. The topological polar surface area (TPSA) is 49.8 Å². The molecular weight excluding hydrogens is 278 g/mol. The fraction of sp³-hybridized carbons (Fsp3) is 0.278. The van der Waals surface area contributed by atoms with E-state index in [1.54, 1.807) is 31.2 Å². The minimum Gasteiger partial charge on any atom is -0.496 e. The van der Waals surface area contributed by atoms with Crippen LogP contribution in [0, 0.1) is 0 Å². The highest BCUT2D eigenvalue weighted by atomic mass is 16.5. The maximum atomic E-state index is 12.8. The third-order valence-corrected chi connectivity index (χ3v) is 3.71. The molecule has 0 saturated carbocycles. The van der Waals surface area contributed by atoms with Gasteiger partial charge in [-0.25, -0.2) is 0 Å². The molecule has 4 heteroatoms. The molecule has 2 aromatic rings. The molecule has 0 spiro atoms. The predicted molar refractivity (Wildman–Crippen MR) is 86.0 cm³/mol. The molecule has 4 nitrogen and oxygen atoms in total. The van der Waals surface area contributed by atoms with Crippen molar-refractivity contribution in [1.82, 2.24) is 4.90 Å². The van der Waals surface area contributed by atoms with E-state index in [-0.39, 0.29) is 18.6 Å². The van der Waals surface area contributed by atoms with Crippen molar-refractivity contribution in [2.24, 2.45) is 0 Å². The van der Waals surface area contributed by atoms with Crippen molar-refractivity contribution in [1.29, 1.82) is 0 Å². The average molecular weight is 299 g/mol. The zero-order valence-corrected chi connectivity index (χ0v) is 12.9. The van der Waals surface area contributed by atoms with Gasteiger partial charge in [0.1, 0.15) is 5.75 Å². The van der Waals surface area contributed by atoms with E-state index in [9.17, 15) is 9.90 Å². The highest BCUT2D eigenvalue weighted by Crippen LogP contribution is 2.27. The number of carbonyl (C=O) groups is 1. The normalized spacial score (nSPS) is 11.8. The number of carbonyl (C=O) groups excluding carboxylic acids is 1. The number of hydrogen-bond donors (Lipinski definition) is 1. The summed E-state index contributed by atoms with van der Waals surface area (Å²) in [6, 6.07) is 16.7. The van der Waals surface area contributed by atoms with E-state index >= 15 is 0 Å². The molecule has 0 aliphatic heterocycles. The second-order valence-electron chi connectivity index (χ2n) is 5.06. The Morgan fingerprint density at radius 3 is 2.41 bits per heavy atom. The number of aliphatic hydroxyl groups excluding tert-OH is 1. The van der Waals surface area contributed by atoms with E-state index in [0.717, 1.165) is 5.56 Å². The minimum atomic E-state index is -0.177. The van der Waals surface area contributed by atoms with E-state index in [1.807, 2.05) is 42.5 Å². The largest absolute Gasteiger partial charge is 0.496 e. The second kappa shape index (κ2) is 7.61. The number of hydrogen-bond acceptors (Lipinski definition) is 3. The summed E-state index contributed by atoms with van der Waals surface area (Å²) in [5, 5.41) is 9.34. The standard InChI is InChI=1S/C18H21NO3/c1-19(16(12-13-20)14-8-4-3-5-9-14)18(21)15-10-6-7-11-17(15)22-2/h3-11,16,20H,12-13H2,1-2H3. The molecule has 2 aromatic carbocycles. The van der Waals surface area contributed by atoms with E-state index in [4.69, 9.17) is 4.74 Å². The summed E-state index contributed by atoms with van der Waals surface area (Å²) in [6.45, 7) is 0.0170. The first-order valence-electron chi connectivity index (χ1n) is 7.25. The molecule has 0 bridgehead atoms. The van der Waals surface area contributed by atoms with Gasteiger partial charge in [0.2, 0.25) is 0 Å². The van der Waals surface area contributed by atoms with Crippen molar-refractivity contribution in [3.05, 3.63) is 65.7 Å². The van der Waals surface area contributed by atoms with Gasteiger partial charge in [0, 0.05) is 13.7 Å². The molecule has 2 rings (SSSR count). The van der Waals surface area contributed by atoms with Gasteiger partial charge in [-0.05, 0) is 24.1 Å². The maximum Gasteiger partial charge on any atom is 0.257 e. The Morgan fingerprint density at radius 2 is 1.77 bits per heavy atom. The number of nitrogens with zero attached hydrogens (tertiary/aromatic N) is 1. The second-order valence-corrected chi connectivity index (χ2v) is 5.06. The van der Waals surface area contributed by atoms with E-state index < -0.39 is 0 Å². The lowest BCUT2D eigenvalue weighted by molar-refractivity contribution is 0.0702. The number of methoxy groups -OCH3 is 1. The Kier molecular flexibility index (Phi) is 5.55. The van der Waals surface area contributed by atoms with Crippen molar-refractivity contribution in [2.45, 2.75) is 12.5 Å². The molecule has 0 saturated heterocycles. The Morgan fingerprint density at radius 1 is 1.14 bits per heavy atom. The van der Waals surface area contributed by atoms with Crippen molar-refractivity contribution in [3.8, 4) is 5.75 Å². The lowest BCUT2D eigenvalue weighted by Gasteiger charge is -2.28. The molecule has 1 N–H and O–H groups in total. The molecule has 1 atom stereocenters. The highest BCUT2D eigenvalue weighted by molar-refractivity contribution is 5.97. The van der Waals surface area contributed by atoms with Crippen molar-refractivity contribution in [2.75, 3.05) is 20.8 Å². The van der Waals surface area contributed by atoms with Gasteiger partial charge in [0.05, 0.1) is 18.7 Å². The van der Waals surface area contributed by atoms with Gasteiger partial charge < -0.3 is 14.7 Å². The van der Waals surface area contributed by atoms with Crippen LogP contribution in [0.15, 0.2) is 54.6 Å². The predicted octanol–water partition coefficient (Wildman–Crippen LogP) is 2.89. The molecule has 0 aliphatic carbocycles. The smallest absolute Gasteiger partial charge is 0.257 e. The summed E-state index contributed by atoms with van der Waals surface area (Å²) in [5.74, 6) is 0.426. The number of ether oxygens (including phenoxy) is 1. The molecule has 0 radical (unpaired) electrons. The van der Waals surface area contributed by atoms with Crippen molar-refractivity contribution in [3.63, 3.8) is 0 Å². The lowest BCUT2D eigenvalue weighted by atomic mass is 10.0. The lowest BCUT2D eigenvalue weighted by Crippen LogP contribution is -2.32. The molecule has 1 amide bonds. The summed E-state index contributed by atoms with van der Waals surface area (Å²) in [7, 11) is 3.30. The van der Waals surface area contributed by atoms with Crippen LogP contribution in [0.2, 0.25) is 0 Å². The first kappa shape index (κ1) is 16.0. The number of rotatable bonds is 6. The van der Waals surface area contributed by atoms with Gasteiger partial charge >= 0.3 is 0 Å². The summed E-state index contributed by atoms with van der Waals surface area (Å²) in [6.07, 6.45) is 0.488. The summed E-state index contributed by atoms with van der Waals surface area (Å²) < 4.78 is 5.27. The van der Waals surface area contributed by atoms with Crippen LogP contribution in [-0.4, -0.2) is 36.7 Å². The number of aliphatic hydroxyl groups is 1. The van der Waals surface area contributed by atoms with E-state index in [1.165, 1.54) is 0 Å². The Labute approximate surface area is 131 Å². The van der Waals surface area contributed by atoms with Crippen LogP contribution in [0.3, 0.4) is 0 Å².